The van der Waals surface area contributed by atoms with E-state index in [0.717, 1.165) is 16.7 Å². The van der Waals surface area contributed by atoms with Crippen molar-refractivity contribution in [1.29, 1.82) is 0 Å². The average molecular weight is 182 g/mol. The van der Waals surface area contributed by atoms with Gasteiger partial charge < -0.3 is 0 Å². The molecule has 0 N–H and O–H groups in total. The summed E-state index contributed by atoms with van der Waals surface area (Å²) >= 11 is 0. The van der Waals surface area contributed by atoms with Crippen molar-refractivity contribution in [2.45, 2.75) is 66.7 Å². The third kappa shape index (κ3) is 1.92. The first-order valence-corrected chi connectivity index (χ1v) is 6.04. The van der Waals surface area contributed by atoms with Gasteiger partial charge in [-0.1, -0.05) is 34.6 Å². The Morgan fingerprint density at radius 3 is 1.69 bits per heavy atom. The number of hydrogen-bond donors (Lipinski definition) is 0. The van der Waals surface area contributed by atoms with E-state index in [1.807, 2.05) is 13.8 Å². The van der Waals surface area contributed by atoms with Gasteiger partial charge in [0, 0.05) is 0 Å². The second-order valence-electron chi connectivity index (χ2n) is 5.57. The zero-order valence-corrected chi connectivity index (χ0v) is 10.1. The van der Waals surface area contributed by atoms with Crippen LogP contribution < -0.4 is 0 Å². The van der Waals surface area contributed by atoms with Gasteiger partial charge in [0.25, 0.3) is 0 Å². The molecule has 0 aromatic rings. The topological polar surface area (TPSA) is 0 Å². The van der Waals surface area contributed by atoms with Crippen LogP contribution in [0.25, 0.3) is 0 Å². The van der Waals surface area contributed by atoms with Crippen molar-refractivity contribution in [3.63, 3.8) is 0 Å². The minimum Gasteiger partial charge on any atom is -0.0683 e. The minimum atomic E-state index is 0.720. The van der Waals surface area contributed by atoms with E-state index in [1.54, 1.807) is 0 Å². The minimum absolute atomic E-state index is 0.720. The summed E-state index contributed by atoms with van der Waals surface area (Å²) in [5.74, 6) is 0.981. The Hall–Kier alpha value is 0. The first-order chi connectivity index (χ1) is 6.04. The second kappa shape index (κ2) is 3.63. The maximum atomic E-state index is 2.50. The van der Waals surface area contributed by atoms with E-state index in [1.165, 1.54) is 32.1 Å². The molecule has 0 amide bonds. The van der Waals surface area contributed by atoms with Gasteiger partial charge in [-0.25, -0.2) is 0 Å². The summed E-state index contributed by atoms with van der Waals surface area (Å²) in [7, 11) is 0. The molecule has 0 spiro atoms. The van der Waals surface area contributed by atoms with Crippen molar-refractivity contribution < 1.29 is 0 Å². The highest BCUT2D eigenvalue weighted by molar-refractivity contribution is 4.98. The van der Waals surface area contributed by atoms with Crippen molar-refractivity contribution in [1.82, 2.24) is 0 Å². The fourth-order valence-electron chi connectivity index (χ4n) is 3.11. The Bertz CT molecular complexity index is 161. The Morgan fingerprint density at radius 2 is 1.38 bits per heavy atom. The van der Waals surface area contributed by atoms with E-state index < -0.39 is 0 Å². The summed E-state index contributed by atoms with van der Waals surface area (Å²) in [4.78, 5) is 0. The fraction of sp³-hybridized carbons (Fsp3) is 1.00. The van der Waals surface area contributed by atoms with Crippen molar-refractivity contribution in [3.05, 3.63) is 0 Å². The van der Waals surface area contributed by atoms with Crippen LogP contribution in [-0.2, 0) is 0 Å². The van der Waals surface area contributed by atoms with Crippen LogP contribution >= 0.6 is 0 Å². The lowest BCUT2D eigenvalue weighted by atomic mass is 9.51. The molecule has 0 aromatic carbocycles. The SMILES string of the molecule is CC.CC1CC2(C)CCC1(C)CC2. The van der Waals surface area contributed by atoms with Crippen LogP contribution in [0.2, 0.25) is 0 Å². The molecule has 3 aliphatic rings. The molecule has 3 aliphatic carbocycles. The van der Waals surface area contributed by atoms with Crippen molar-refractivity contribution in [2.75, 3.05) is 0 Å². The predicted molar refractivity (Wildman–Crippen MR) is 59.8 cm³/mol. The molecule has 2 bridgehead atoms. The molecule has 3 saturated carbocycles. The van der Waals surface area contributed by atoms with E-state index in [2.05, 4.69) is 20.8 Å². The van der Waals surface area contributed by atoms with Crippen LogP contribution in [0.1, 0.15) is 66.7 Å². The Labute approximate surface area is 84.1 Å². The largest absolute Gasteiger partial charge is 0.0683 e. The normalized spacial score (nSPS) is 48.2. The van der Waals surface area contributed by atoms with Gasteiger partial charge >= 0.3 is 0 Å². The van der Waals surface area contributed by atoms with Gasteiger partial charge in [-0.3, -0.25) is 0 Å². The molecule has 78 valence electrons. The summed E-state index contributed by atoms with van der Waals surface area (Å²) < 4.78 is 0. The maximum absolute atomic E-state index is 2.50. The van der Waals surface area contributed by atoms with Crippen LogP contribution in [0.3, 0.4) is 0 Å². The summed E-state index contributed by atoms with van der Waals surface area (Å²) in [6.45, 7) is 11.4. The molecule has 0 heterocycles. The molecule has 0 saturated heterocycles. The Morgan fingerprint density at radius 1 is 0.923 bits per heavy atom. The summed E-state index contributed by atoms with van der Waals surface area (Å²) in [5.41, 5.74) is 1.45. The summed E-state index contributed by atoms with van der Waals surface area (Å²) in [5, 5.41) is 0. The Balaban J connectivity index is 0.000000396. The van der Waals surface area contributed by atoms with Crippen molar-refractivity contribution >= 4 is 0 Å². The molecule has 0 aliphatic heterocycles. The van der Waals surface area contributed by atoms with Gasteiger partial charge in [0.05, 0.1) is 0 Å². The third-order valence-electron chi connectivity index (χ3n) is 4.59. The molecule has 13 heavy (non-hydrogen) atoms. The molecule has 3 fully saturated rings. The molecule has 0 aromatic heterocycles. The first-order valence-electron chi connectivity index (χ1n) is 6.04. The quantitative estimate of drug-likeness (QED) is 0.512. The van der Waals surface area contributed by atoms with Gasteiger partial charge in [-0.15, -0.1) is 0 Å². The lowest BCUT2D eigenvalue weighted by Crippen LogP contribution is -2.43. The van der Waals surface area contributed by atoms with Gasteiger partial charge in [-0.2, -0.15) is 0 Å². The monoisotopic (exact) mass is 182 g/mol. The lowest BCUT2D eigenvalue weighted by molar-refractivity contribution is -0.0351. The Kier molecular flexibility index (Phi) is 3.09. The summed E-state index contributed by atoms with van der Waals surface area (Å²) in [6.07, 6.45) is 7.46. The number of fused-ring (bicyclic) bond motifs is 3. The highest BCUT2D eigenvalue weighted by atomic mass is 14.5. The molecular formula is C13H26. The smallest absolute Gasteiger partial charge is 0.0300 e. The lowest BCUT2D eigenvalue weighted by Gasteiger charge is -2.54. The van der Waals surface area contributed by atoms with Gasteiger partial charge in [-0.05, 0) is 48.9 Å². The fourth-order valence-corrected chi connectivity index (χ4v) is 3.11. The molecule has 1 atom stereocenters. The van der Waals surface area contributed by atoms with E-state index in [9.17, 15) is 0 Å². The second-order valence-corrected chi connectivity index (χ2v) is 5.57. The van der Waals surface area contributed by atoms with Crippen LogP contribution in [0.15, 0.2) is 0 Å². The number of hydrogen-bond acceptors (Lipinski definition) is 0. The average Bonchev–Trinajstić information content (AvgIpc) is 2.12. The summed E-state index contributed by atoms with van der Waals surface area (Å²) in [6, 6.07) is 0. The molecule has 0 nitrogen and oxygen atoms in total. The van der Waals surface area contributed by atoms with Gasteiger partial charge in [0.2, 0.25) is 0 Å². The van der Waals surface area contributed by atoms with Crippen molar-refractivity contribution in [3.8, 4) is 0 Å². The van der Waals surface area contributed by atoms with Crippen LogP contribution in [0.5, 0.6) is 0 Å². The standard InChI is InChI=1S/C11H20.C2H6/c1-9-8-10(2)4-6-11(9,3)7-5-10;1-2/h9H,4-8H2,1-3H3;1-2H3. The third-order valence-corrected chi connectivity index (χ3v) is 4.59. The first kappa shape index (κ1) is 11.1. The molecule has 0 heteroatoms. The highest BCUT2D eigenvalue weighted by Gasteiger charge is 2.47. The van der Waals surface area contributed by atoms with Gasteiger partial charge in [0.1, 0.15) is 0 Å². The zero-order valence-electron chi connectivity index (χ0n) is 10.1. The zero-order chi connectivity index (χ0) is 10.1. The van der Waals surface area contributed by atoms with E-state index >= 15 is 0 Å². The molecular weight excluding hydrogens is 156 g/mol. The van der Waals surface area contributed by atoms with E-state index in [4.69, 9.17) is 0 Å². The predicted octanol–water partition coefficient (Wildman–Crippen LogP) is 4.64. The van der Waals surface area contributed by atoms with Crippen LogP contribution in [0.4, 0.5) is 0 Å². The van der Waals surface area contributed by atoms with E-state index in [-0.39, 0.29) is 0 Å². The molecule has 1 unspecified atom stereocenters. The van der Waals surface area contributed by atoms with Gasteiger partial charge in [0.15, 0.2) is 0 Å². The van der Waals surface area contributed by atoms with Crippen molar-refractivity contribution in [2.24, 2.45) is 16.7 Å². The van der Waals surface area contributed by atoms with Crippen LogP contribution in [0, 0.1) is 16.7 Å². The molecule has 3 rings (SSSR count). The highest BCUT2D eigenvalue weighted by Crippen LogP contribution is 2.58. The molecule has 0 radical (unpaired) electrons. The van der Waals surface area contributed by atoms with Crippen LogP contribution in [-0.4, -0.2) is 0 Å². The maximum Gasteiger partial charge on any atom is -0.0300 e. The van der Waals surface area contributed by atoms with E-state index in [0.29, 0.717) is 0 Å². The number of rotatable bonds is 0.